The molecule has 0 unspecified atom stereocenters. The number of benzene rings is 8. The van der Waals surface area contributed by atoms with Crippen LogP contribution in [0.25, 0.3) is 77.5 Å². The summed E-state index contributed by atoms with van der Waals surface area (Å²) in [6, 6.07) is 63.6. The summed E-state index contributed by atoms with van der Waals surface area (Å²) >= 11 is 0. The van der Waals surface area contributed by atoms with Gasteiger partial charge in [0.25, 0.3) is 0 Å². The van der Waals surface area contributed by atoms with Crippen molar-refractivity contribution in [3.05, 3.63) is 182 Å². The van der Waals surface area contributed by atoms with Crippen LogP contribution in [0.4, 0.5) is 17.1 Å². The SMILES string of the molecule is c1ccc(-c2cccc(N(c3ccc(-c4cccc5ccccc45)cc3)c3ccc4oc5cc6nc(-c7ccccc7)oc6cc5c4c3)c2)cc1. The smallest absolute Gasteiger partial charge is 0.227 e. The molecule has 10 aromatic rings. The zero-order valence-electron chi connectivity index (χ0n) is 27.5. The van der Waals surface area contributed by atoms with Crippen molar-refractivity contribution in [1.82, 2.24) is 4.98 Å². The molecule has 51 heavy (non-hydrogen) atoms. The average molecular weight is 655 g/mol. The Bertz CT molecular complexity index is 2850. The van der Waals surface area contributed by atoms with Crippen molar-refractivity contribution < 1.29 is 8.83 Å². The van der Waals surface area contributed by atoms with E-state index in [0.717, 1.165) is 61.2 Å². The van der Waals surface area contributed by atoms with Crippen molar-refractivity contribution in [1.29, 1.82) is 0 Å². The van der Waals surface area contributed by atoms with Gasteiger partial charge in [0.05, 0.1) is 0 Å². The Hall–Kier alpha value is -6.91. The molecule has 0 aliphatic carbocycles. The molecule has 0 fully saturated rings. The third kappa shape index (κ3) is 5.13. The Morgan fingerprint density at radius 3 is 1.88 bits per heavy atom. The Morgan fingerprint density at radius 1 is 0.373 bits per heavy atom. The number of furan rings is 1. The van der Waals surface area contributed by atoms with E-state index in [2.05, 4.69) is 150 Å². The minimum Gasteiger partial charge on any atom is -0.456 e. The van der Waals surface area contributed by atoms with Gasteiger partial charge in [0, 0.05) is 39.5 Å². The van der Waals surface area contributed by atoms with Gasteiger partial charge in [0.1, 0.15) is 16.7 Å². The van der Waals surface area contributed by atoms with Gasteiger partial charge in [0.15, 0.2) is 5.58 Å². The summed E-state index contributed by atoms with van der Waals surface area (Å²) in [6.45, 7) is 0. The molecule has 0 N–H and O–H groups in total. The topological polar surface area (TPSA) is 42.4 Å². The number of hydrogen-bond donors (Lipinski definition) is 0. The number of nitrogens with zero attached hydrogens (tertiary/aromatic N) is 2. The minimum atomic E-state index is 0.597. The number of hydrogen-bond acceptors (Lipinski definition) is 4. The first-order chi connectivity index (χ1) is 25.2. The van der Waals surface area contributed by atoms with Gasteiger partial charge in [-0.3, -0.25) is 0 Å². The van der Waals surface area contributed by atoms with Crippen LogP contribution in [0.1, 0.15) is 0 Å². The van der Waals surface area contributed by atoms with E-state index in [1.165, 1.54) is 27.5 Å². The van der Waals surface area contributed by atoms with Crippen LogP contribution in [0.2, 0.25) is 0 Å². The number of fused-ring (bicyclic) bond motifs is 5. The molecule has 2 heterocycles. The molecule has 0 saturated carbocycles. The fourth-order valence-corrected chi connectivity index (χ4v) is 7.20. The third-order valence-corrected chi connectivity index (χ3v) is 9.68. The molecule has 0 radical (unpaired) electrons. The Labute approximate surface area is 294 Å². The second-order valence-corrected chi connectivity index (χ2v) is 12.8. The standard InChI is InChI=1S/C47H30N2O2/c1-3-11-31(12-4-1)35-17-9-18-37(27-35)49(36-23-21-33(22-24-36)40-20-10-16-32-13-7-8-19-39(32)40)38-25-26-44-41(28-38)42-29-46-43(30-45(42)50-44)48-47(51-46)34-14-5-2-6-15-34/h1-30H. The Kier molecular flexibility index (Phi) is 6.78. The first-order valence-electron chi connectivity index (χ1n) is 17.1. The maximum atomic E-state index is 6.40. The summed E-state index contributed by atoms with van der Waals surface area (Å²) in [4.78, 5) is 7.09. The number of aromatic nitrogens is 1. The lowest BCUT2D eigenvalue weighted by molar-refractivity contribution is 0.620. The molecule has 0 spiro atoms. The maximum Gasteiger partial charge on any atom is 0.227 e. The molecule has 4 heteroatoms. The second kappa shape index (κ2) is 11.9. The lowest BCUT2D eigenvalue weighted by Crippen LogP contribution is -2.10. The molecular weight excluding hydrogens is 625 g/mol. The third-order valence-electron chi connectivity index (χ3n) is 9.68. The van der Waals surface area contributed by atoms with E-state index in [9.17, 15) is 0 Å². The van der Waals surface area contributed by atoms with E-state index in [4.69, 9.17) is 13.8 Å². The zero-order chi connectivity index (χ0) is 33.7. The highest BCUT2D eigenvalue weighted by atomic mass is 16.4. The van der Waals surface area contributed by atoms with E-state index in [-0.39, 0.29) is 0 Å². The molecule has 0 aliphatic rings. The van der Waals surface area contributed by atoms with Gasteiger partial charge in [-0.25, -0.2) is 4.98 Å². The molecular formula is C47H30N2O2. The first kappa shape index (κ1) is 29.0. The first-order valence-corrected chi connectivity index (χ1v) is 17.1. The van der Waals surface area contributed by atoms with Gasteiger partial charge in [-0.05, 0) is 93.7 Å². The quantitative estimate of drug-likeness (QED) is 0.179. The van der Waals surface area contributed by atoms with Crippen LogP contribution < -0.4 is 4.90 Å². The van der Waals surface area contributed by atoms with Crippen molar-refractivity contribution in [3.8, 4) is 33.7 Å². The van der Waals surface area contributed by atoms with Crippen LogP contribution in [0, 0.1) is 0 Å². The zero-order valence-corrected chi connectivity index (χ0v) is 27.5. The molecule has 8 aromatic carbocycles. The van der Waals surface area contributed by atoms with Gasteiger partial charge < -0.3 is 13.7 Å². The van der Waals surface area contributed by atoms with Crippen LogP contribution in [0.5, 0.6) is 0 Å². The normalized spacial score (nSPS) is 11.5. The van der Waals surface area contributed by atoms with Crippen molar-refractivity contribution >= 4 is 60.9 Å². The predicted molar refractivity (Wildman–Crippen MR) is 210 cm³/mol. The van der Waals surface area contributed by atoms with Crippen LogP contribution >= 0.6 is 0 Å². The maximum absolute atomic E-state index is 6.40. The largest absolute Gasteiger partial charge is 0.456 e. The van der Waals surface area contributed by atoms with Crippen LogP contribution in [-0.4, -0.2) is 4.98 Å². The summed E-state index contributed by atoms with van der Waals surface area (Å²) in [7, 11) is 0. The second-order valence-electron chi connectivity index (χ2n) is 12.8. The van der Waals surface area contributed by atoms with Gasteiger partial charge in [0.2, 0.25) is 5.89 Å². The minimum absolute atomic E-state index is 0.597. The predicted octanol–water partition coefficient (Wildman–Crippen LogP) is 13.4. The van der Waals surface area contributed by atoms with Crippen molar-refractivity contribution in [2.45, 2.75) is 0 Å². The highest BCUT2D eigenvalue weighted by Crippen LogP contribution is 2.42. The fourth-order valence-electron chi connectivity index (χ4n) is 7.20. The van der Waals surface area contributed by atoms with Crippen molar-refractivity contribution in [2.75, 3.05) is 4.90 Å². The van der Waals surface area contributed by atoms with Crippen molar-refractivity contribution in [3.63, 3.8) is 0 Å². The molecule has 0 aliphatic heterocycles. The monoisotopic (exact) mass is 654 g/mol. The summed E-state index contributed by atoms with van der Waals surface area (Å²) in [5.74, 6) is 0.597. The van der Waals surface area contributed by atoms with Gasteiger partial charge in [-0.15, -0.1) is 0 Å². The fraction of sp³-hybridized carbons (Fsp3) is 0. The van der Waals surface area contributed by atoms with Gasteiger partial charge >= 0.3 is 0 Å². The summed E-state index contributed by atoms with van der Waals surface area (Å²) in [5.41, 5.74) is 11.9. The van der Waals surface area contributed by atoms with Crippen LogP contribution in [0.3, 0.4) is 0 Å². The van der Waals surface area contributed by atoms with Gasteiger partial charge in [-0.1, -0.05) is 115 Å². The Morgan fingerprint density at radius 2 is 1.04 bits per heavy atom. The molecule has 2 aromatic heterocycles. The van der Waals surface area contributed by atoms with E-state index in [0.29, 0.717) is 5.89 Å². The van der Waals surface area contributed by atoms with Gasteiger partial charge in [-0.2, -0.15) is 0 Å². The lowest BCUT2D eigenvalue weighted by atomic mass is 9.98. The van der Waals surface area contributed by atoms with Crippen molar-refractivity contribution in [2.24, 2.45) is 0 Å². The van der Waals surface area contributed by atoms with E-state index >= 15 is 0 Å². The highest BCUT2D eigenvalue weighted by molar-refractivity contribution is 6.10. The summed E-state index contributed by atoms with van der Waals surface area (Å²) in [6.07, 6.45) is 0. The highest BCUT2D eigenvalue weighted by Gasteiger charge is 2.18. The molecule has 10 rings (SSSR count). The van der Waals surface area contributed by atoms with E-state index in [1.807, 2.05) is 36.4 Å². The number of anilines is 3. The molecule has 0 bridgehead atoms. The lowest BCUT2D eigenvalue weighted by Gasteiger charge is -2.26. The number of rotatable bonds is 6. The van der Waals surface area contributed by atoms with E-state index < -0.39 is 0 Å². The van der Waals surface area contributed by atoms with Crippen LogP contribution in [0.15, 0.2) is 191 Å². The summed E-state index contributed by atoms with van der Waals surface area (Å²) < 4.78 is 12.7. The number of oxazole rings is 1. The molecule has 240 valence electrons. The van der Waals surface area contributed by atoms with E-state index in [1.54, 1.807) is 0 Å². The molecule has 0 saturated heterocycles. The molecule has 4 nitrogen and oxygen atoms in total. The average Bonchev–Trinajstić information content (AvgIpc) is 3.78. The summed E-state index contributed by atoms with van der Waals surface area (Å²) in [5, 5.41) is 4.48. The Balaban J connectivity index is 1.12. The molecule has 0 amide bonds. The van der Waals surface area contributed by atoms with Crippen LogP contribution in [-0.2, 0) is 0 Å². The molecule has 0 atom stereocenters.